The topological polar surface area (TPSA) is 48.9 Å². The smallest absolute Gasteiger partial charge is 0.176 e. The third kappa shape index (κ3) is 0.771. The molecule has 0 amide bonds. The van der Waals surface area contributed by atoms with E-state index in [2.05, 4.69) is 6.08 Å². The average Bonchev–Trinajstić information content (AvgIpc) is 2.77. The molecule has 2 fully saturated rings. The molecular weight excluding hydrogens is 150 g/mol. The van der Waals surface area contributed by atoms with Crippen LogP contribution in [0.1, 0.15) is 19.3 Å². The fraction of sp³-hybridized carbons (Fsp3) is 0.800. The maximum Gasteiger partial charge on any atom is 0.176 e. The normalized spacial score (nSPS) is 51.3. The van der Waals surface area contributed by atoms with Crippen molar-refractivity contribution in [2.24, 2.45) is 23.5 Å². The minimum Gasteiger partial charge on any atom is -0.442 e. The Morgan fingerprint density at radius 1 is 1.42 bits per heavy atom. The van der Waals surface area contributed by atoms with Crippen LogP contribution in [-0.2, 0) is 0 Å². The fourth-order valence-corrected chi connectivity index (χ4v) is 2.89. The molecule has 12 heavy (non-hydrogen) atoms. The van der Waals surface area contributed by atoms with Crippen molar-refractivity contribution in [2.75, 3.05) is 0 Å². The van der Waals surface area contributed by atoms with Crippen LogP contribution in [0.2, 0.25) is 0 Å². The van der Waals surface area contributed by atoms with Crippen LogP contribution in [0.4, 0.5) is 0 Å². The minimum absolute atomic E-state index is 0.00231. The van der Waals surface area contributed by atoms with E-state index in [-0.39, 0.29) is 12.1 Å². The number of hydrogen-bond acceptors (Lipinski definition) is 1. The van der Waals surface area contributed by atoms with Crippen LogP contribution in [0.25, 0.3) is 0 Å². The van der Waals surface area contributed by atoms with Crippen molar-refractivity contribution < 1.29 is 5.11 Å². The molecule has 0 aromatic rings. The zero-order valence-corrected chi connectivity index (χ0v) is 7.16. The van der Waals surface area contributed by atoms with Crippen LogP contribution in [-0.4, -0.2) is 17.3 Å². The first-order valence-corrected chi connectivity index (χ1v) is 4.95. The highest BCUT2D eigenvalue weighted by Crippen LogP contribution is 2.52. The third-order valence-corrected chi connectivity index (χ3v) is 3.75. The van der Waals surface area contributed by atoms with E-state index in [1.807, 2.05) is 0 Å². The van der Waals surface area contributed by atoms with Crippen molar-refractivity contribution in [3.63, 3.8) is 0 Å². The molecule has 4 unspecified atom stereocenters. The van der Waals surface area contributed by atoms with E-state index >= 15 is 0 Å². The van der Waals surface area contributed by atoms with E-state index in [0.717, 1.165) is 5.92 Å². The number of rotatable bonds is 1. The molecule has 66 valence electrons. The molecule has 4 atom stereocenters. The first-order chi connectivity index (χ1) is 5.77. The Kier molecular flexibility index (Phi) is 1.25. The summed E-state index contributed by atoms with van der Waals surface area (Å²) < 4.78 is 0. The van der Waals surface area contributed by atoms with Gasteiger partial charge in [0.2, 0.25) is 0 Å². The number of nitrogens with two attached hydrogens (primary N) is 1. The van der Waals surface area contributed by atoms with Crippen LogP contribution in [0, 0.1) is 17.8 Å². The fourth-order valence-electron chi connectivity index (χ4n) is 2.89. The molecule has 3 aliphatic carbocycles. The molecular formula is C10H16NO+. The molecule has 0 aliphatic heterocycles. The zero-order chi connectivity index (χ0) is 8.29. The molecule has 0 spiro atoms. The van der Waals surface area contributed by atoms with E-state index in [9.17, 15) is 0 Å². The van der Waals surface area contributed by atoms with Gasteiger partial charge < -0.3 is 10.8 Å². The zero-order valence-electron chi connectivity index (χ0n) is 7.16. The third-order valence-electron chi connectivity index (χ3n) is 3.75. The van der Waals surface area contributed by atoms with Crippen molar-refractivity contribution in [2.45, 2.75) is 31.4 Å². The first-order valence-electron chi connectivity index (χ1n) is 4.95. The van der Waals surface area contributed by atoms with E-state index in [4.69, 9.17) is 10.8 Å². The quantitative estimate of drug-likeness (QED) is 0.444. The molecule has 0 aromatic heterocycles. The standard InChI is InChI=1S/C10H15NO/c11-9-8-4-6(10(9)12)3-7(8)5-1-2-5/h3,5-6,8-10,12H,1-2,4,11H2/p+1. The van der Waals surface area contributed by atoms with Gasteiger partial charge >= 0.3 is 0 Å². The van der Waals surface area contributed by atoms with Crippen LogP contribution in [0.15, 0.2) is 11.6 Å². The van der Waals surface area contributed by atoms with Gasteiger partial charge in [-0.25, -0.2) is 0 Å². The Morgan fingerprint density at radius 3 is 2.67 bits per heavy atom. The summed E-state index contributed by atoms with van der Waals surface area (Å²) in [5.74, 6) is 1.96. The number of fused-ring (bicyclic) bond motifs is 2. The molecule has 0 aromatic carbocycles. The Labute approximate surface area is 72.5 Å². The molecule has 0 saturated heterocycles. The monoisotopic (exact) mass is 166 g/mol. The highest BCUT2D eigenvalue weighted by Gasteiger charge is 2.51. The lowest BCUT2D eigenvalue weighted by molar-refractivity contribution is 0.128. The summed E-state index contributed by atoms with van der Waals surface area (Å²) in [4.78, 5) is 0. The summed E-state index contributed by atoms with van der Waals surface area (Å²) in [7, 11) is 0. The summed E-state index contributed by atoms with van der Waals surface area (Å²) >= 11 is 0. The van der Waals surface area contributed by atoms with Gasteiger partial charge in [-0.2, -0.15) is 0 Å². The van der Waals surface area contributed by atoms with Crippen LogP contribution < -0.4 is 5.73 Å². The summed E-state index contributed by atoms with van der Waals surface area (Å²) in [5.41, 5.74) is 7.61. The SMILES string of the molecule is NC1C2CC(C=C2C2CC2)C1[OH2+]. The second kappa shape index (κ2) is 2.12. The second-order valence-electron chi connectivity index (χ2n) is 4.55. The van der Waals surface area contributed by atoms with E-state index in [1.165, 1.54) is 19.3 Å². The van der Waals surface area contributed by atoms with Crippen molar-refractivity contribution in [1.82, 2.24) is 0 Å². The summed E-state index contributed by atoms with van der Waals surface area (Å²) in [6.45, 7) is 0. The van der Waals surface area contributed by atoms with Crippen LogP contribution in [0.5, 0.6) is 0 Å². The van der Waals surface area contributed by atoms with Crippen molar-refractivity contribution >= 4 is 0 Å². The lowest BCUT2D eigenvalue weighted by Crippen LogP contribution is -2.39. The maximum atomic E-state index is 7.81. The molecule has 2 bridgehead atoms. The highest BCUT2D eigenvalue weighted by atomic mass is 16.3. The Bertz CT molecular complexity index is 244. The minimum atomic E-state index is -0.00231. The Balaban J connectivity index is 1.90. The average molecular weight is 166 g/mol. The second-order valence-corrected chi connectivity index (χ2v) is 4.55. The molecule has 2 nitrogen and oxygen atoms in total. The van der Waals surface area contributed by atoms with Crippen LogP contribution in [0.3, 0.4) is 0 Å². The van der Waals surface area contributed by atoms with Gasteiger partial charge in [0.25, 0.3) is 0 Å². The van der Waals surface area contributed by atoms with E-state index in [0.29, 0.717) is 11.8 Å². The summed E-state index contributed by atoms with van der Waals surface area (Å²) in [5, 5.41) is 7.81. The Hall–Kier alpha value is -0.340. The molecule has 4 N–H and O–H groups in total. The molecule has 3 rings (SSSR count). The van der Waals surface area contributed by atoms with Crippen molar-refractivity contribution in [3.8, 4) is 0 Å². The van der Waals surface area contributed by atoms with E-state index < -0.39 is 0 Å². The lowest BCUT2D eigenvalue weighted by Gasteiger charge is -2.21. The van der Waals surface area contributed by atoms with Gasteiger partial charge in [0.15, 0.2) is 6.10 Å². The Morgan fingerprint density at radius 2 is 2.17 bits per heavy atom. The van der Waals surface area contributed by atoms with Crippen molar-refractivity contribution in [1.29, 1.82) is 0 Å². The maximum absolute atomic E-state index is 7.81. The van der Waals surface area contributed by atoms with Crippen molar-refractivity contribution in [3.05, 3.63) is 11.6 Å². The molecule has 0 heterocycles. The van der Waals surface area contributed by atoms with Gasteiger partial charge in [-0.1, -0.05) is 11.6 Å². The largest absolute Gasteiger partial charge is 0.442 e. The van der Waals surface area contributed by atoms with Gasteiger partial charge in [0, 0.05) is 5.92 Å². The van der Waals surface area contributed by atoms with Gasteiger partial charge in [-0.15, -0.1) is 0 Å². The van der Waals surface area contributed by atoms with Crippen LogP contribution >= 0.6 is 0 Å². The van der Waals surface area contributed by atoms with Gasteiger partial charge in [-0.3, -0.25) is 0 Å². The molecule has 2 heteroatoms. The molecule has 3 aliphatic rings. The summed E-state index contributed by atoms with van der Waals surface area (Å²) in [6.07, 6.45) is 6.30. The number of hydrogen-bond donors (Lipinski definition) is 1. The summed E-state index contributed by atoms with van der Waals surface area (Å²) in [6, 6.07) is 0.149. The van der Waals surface area contributed by atoms with Gasteiger partial charge in [0.05, 0.1) is 12.0 Å². The predicted octanol–water partition coefficient (Wildman–Crippen LogP) is 0.393. The highest BCUT2D eigenvalue weighted by molar-refractivity contribution is 5.30. The first kappa shape index (κ1) is 7.10. The van der Waals surface area contributed by atoms with E-state index in [1.54, 1.807) is 5.57 Å². The van der Waals surface area contributed by atoms with Gasteiger partial charge in [0.1, 0.15) is 0 Å². The lowest BCUT2D eigenvalue weighted by atomic mass is 9.89. The predicted molar refractivity (Wildman–Crippen MR) is 47.8 cm³/mol. The molecule has 2 saturated carbocycles. The van der Waals surface area contributed by atoms with Gasteiger partial charge in [-0.05, 0) is 25.2 Å². The molecule has 0 radical (unpaired) electrons.